The van der Waals surface area contributed by atoms with Gasteiger partial charge in [-0.1, -0.05) is 0 Å². The van der Waals surface area contributed by atoms with Crippen LogP contribution in [0.3, 0.4) is 0 Å². The molecule has 1 aromatic rings. The predicted octanol–water partition coefficient (Wildman–Crippen LogP) is 0.327. The molecule has 0 aliphatic rings. The van der Waals surface area contributed by atoms with Gasteiger partial charge in [-0.2, -0.15) is 0 Å². The van der Waals surface area contributed by atoms with Crippen molar-refractivity contribution >= 4 is 22.6 Å². The summed E-state index contributed by atoms with van der Waals surface area (Å²) in [6, 6.07) is 3.45. The Bertz CT molecular complexity index is 247. The number of rotatable bonds is 5. The molecule has 0 aromatic carbocycles. The number of aliphatic hydroxyl groups is 2. The molecule has 3 N–H and O–H groups in total. The topological polar surface area (TPSA) is 65.6 Å². The van der Waals surface area contributed by atoms with Crippen LogP contribution in [0.25, 0.3) is 0 Å². The number of aliphatic hydroxyl groups excluding tert-OH is 2. The highest BCUT2D eigenvalue weighted by Crippen LogP contribution is 2.09. The van der Waals surface area contributed by atoms with E-state index in [-0.39, 0.29) is 19.3 Å². The van der Waals surface area contributed by atoms with Crippen LogP contribution in [-0.2, 0) is 6.54 Å². The molecule has 5 heteroatoms. The molecule has 0 bridgehead atoms. The normalized spacial score (nSPS) is 11.1. The maximum atomic E-state index is 8.75. The fourth-order valence-corrected chi connectivity index (χ4v) is 1.34. The van der Waals surface area contributed by atoms with Gasteiger partial charge in [0.15, 0.2) is 3.77 Å². The minimum atomic E-state index is -0.275. The van der Waals surface area contributed by atoms with Gasteiger partial charge < -0.3 is 19.9 Å². The van der Waals surface area contributed by atoms with E-state index in [9.17, 15) is 0 Å². The molecule has 1 aromatic heterocycles. The SMILES string of the molecule is OCC(CO)NCc1ccc(I)o1. The lowest BCUT2D eigenvalue weighted by Crippen LogP contribution is -2.35. The molecule has 0 saturated carbocycles. The van der Waals surface area contributed by atoms with Crippen molar-refractivity contribution in [1.82, 2.24) is 5.32 Å². The summed E-state index contributed by atoms with van der Waals surface area (Å²) in [7, 11) is 0. The van der Waals surface area contributed by atoms with Crippen LogP contribution < -0.4 is 5.32 Å². The van der Waals surface area contributed by atoms with Crippen molar-refractivity contribution in [3.63, 3.8) is 0 Å². The van der Waals surface area contributed by atoms with E-state index >= 15 is 0 Å². The molecular weight excluding hydrogens is 285 g/mol. The average molecular weight is 297 g/mol. The lowest BCUT2D eigenvalue weighted by molar-refractivity contribution is 0.168. The third kappa shape index (κ3) is 3.63. The van der Waals surface area contributed by atoms with Crippen LogP contribution in [0.4, 0.5) is 0 Å². The van der Waals surface area contributed by atoms with E-state index in [1.54, 1.807) is 0 Å². The van der Waals surface area contributed by atoms with E-state index in [2.05, 4.69) is 27.9 Å². The van der Waals surface area contributed by atoms with E-state index in [0.29, 0.717) is 6.54 Å². The molecule has 74 valence electrons. The second kappa shape index (κ2) is 5.58. The second-order valence-electron chi connectivity index (χ2n) is 2.65. The molecule has 13 heavy (non-hydrogen) atoms. The van der Waals surface area contributed by atoms with Gasteiger partial charge in [-0.25, -0.2) is 0 Å². The second-order valence-corrected chi connectivity index (χ2v) is 3.71. The molecule has 0 saturated heterocycles. The van der Waals surface area contributed by atoms with Gasteiger partial charge in [0.05, 0.1) is 25.8 Å². The Labute approximate surface area is 90.1 Å². The number of halogens is 1. The molecule has 4 nitrogen and oxygen atoms in total. The highest BCUT2D eigenvalue weighted by Gasteiger charge is 2.05. The zero-order valence-corrected chi connectivity index (χ0v) is 9.19. The molecule has 0 aliphatic carbocycles. The van der Waals surface area contributed by atoms with E-state index in [4.69, 9.17) is 14.6 Å². The summed E-state index contributed by atoms with van der Waals surface area (Å²) in [6.07, 6.45) is 0. The predicted molar refractivity (Wildman–Crippen MR) is 56.2 cm³/mol. The monoisotopic (exact) mass is 297 g/mol. The smallest absolute Gasteiger partial charge is 0.164 e. The highest BCUT2D eigenvalue weighted by atomic mass is 127. The molecule has 0 aliphatic heterocycles. The van der Waals surface area contributed by atoms with E-state index in [1.165, 1.54) is 0 Å². The summed E-state index contributed by atoms with van der Waals surface area (Å²) in [5, 5.41) is 20.5. The number of hydrogen-bond acceptors (Lipinski definition) is 4. The summed E-state index contributed by atoms with van der Waals surface area (Å²) in [6.45, 7) is 0.372. The van der Waals surface area contributed by atoms with Crippen LogP contribution in [0.5, 0.6) is 0 Å². The molecule has 0 fully saturated rings. The fraction of sp³-hybridized carbons (Fsp3) is 0.500. The van der Waals surface area contributed by atoms with Gasteiger partial charge in [-0.3, -0.25) is 0 Å². The Kier molecular flexibility index (Phi) is 4.71. The van der Waals surface area contributed by atoms with Crippen molar-refractivity contribution in [2.45, 2.75) is 12.6 Å². The van der Waals surface area contributed by atoms with E-state index in [1.807, 2.05) is 12.1 Å². The molecule has 0 amide bonds. The van der Waals surface area contributed by atoms with Crippen molar-refractivity contribution < 1.29 is 14.6 Å². The summed E-state index contributed by atoms with van der Waals surface area (Å²) >= 11 is 2.08. The van der Waals surface area contributed by atoms with Crippen molar-refractivity contribution in [3.8, 4) is 0 Å². The zero-order chi connectivity index (χ0) is 9.68. The van der Waals surface area contributed by atoms with Crippen molar-refractivity contribution in [2.75, 3.05) is 13.2 Å². The molecule has 0 atom stereocenters. The summed E-state index contributed by atoms with van der Waals surface area (Å²) < 4.78 is 6.12. The summed E-state index contributed by atoms with van der Waals surface area (Å²) in [4.78, 5) is 0. The van der Waals surface area contributed by atoms with Crippen LogP contribution in [0.2, 0.25) is 0 Å². The average Bonchev–Trinajstić information content (AvgIpc) is 2.53. The quantitative estimate of drug-likeness (QED) is 0.685. The minimum absolute atomic E-state index is 0.0751. The molecule has 0 spiro atoms. The first-order valence-corrected chi connectivity index (χ1v) is 5.03. The van der Waals surface area contributed by atoms with Gasteiger partial charge >= 0.3 is 0 Å². The standard InChI is InChI=1S/C8H12INO3/c9-8-2-1-7(13-8)3-10-6(4-11)5-12/h1-2,6,10-12H,3-5H2. The largest absolute Gasteiger partial charge is 0.454 e. The van der Waals surface area contributed by atoms with Gasteiger partial charge in [0.25, 0.3) is 0 Å². The Balaban J connectivity index is 2.33. The van der Waals surface area contributed by atoms with Crippen molar-refractivity contribution in [3.05, 3.63) is 21.7 Å². The van der Waals surface area contributed by atoms with Gasteiger partial charge in [-0.15, -0.1) is 0 Å². The third-order valence-corrected chi connectivity index (χ3v) is 2.21. The first-order chi connectivity index (χ1) is 6.26. The van der Waals surface area contributed by atoms with Gasteiger partial charge in [0, 0.05) is 0 Å². The first kappa shape index (κ1) is 11.0. The van der Waals surface area contributed by atoms with Crippen LogP contribution in [0.1, 0.15) is 5.76 Å². The zero-order valence-electron chi connectivity index (χ0n) is 7.03. The van der Waals surface area contributed by atoms with Gasteiger partial charge in [-0.05, 0) is 34.7 Å². The number of hydrogen-bond donors (Lipinski definition) is 3. The maximum absolute atomic E-state index is 8.75. The Hall–Kier alpha value is -0.110. The first-order valence-electron chi connectivity index (χ1n) is 3.95. The third-order valence-electron chi connectivity index (χ3n) is 1.63. The van der Waals surface area contributed by atoms with Crippen LogP contribution in [0.15, 0.2) is 16.5 Å². The van der Waals surface area contributed by atoms with Gasteiger partial charge in [0.2, 0.25) is 0 Å². The van der Waals surface area contributed by atoms with Crippen molar-refractivity contribution in [2.24, 2.45) is 0 Å². The summed E-state index contributed by atoms with van der Waals surface area (Å²) in [5.74, 6) is 0.802. The number of furan rings is 1. The fourth-order valence-electron chi connectivity index (χ4n) is 0.879. The van der Waals surface area contributed by atoms with Crippen molar-refractivity contribution in [1.29, 1.82) is 0 Å². The summed E-state index contributed by atoms with van der Waals surface area (Å²) in [5.41, 5.74) is 0. The Morgan fingerprint density at radius 2 is 2.08 bits per heavy atom. The van der Waals surface area contributed by atoms with E-state index in [0.717, 1.165) is 9.53 Å². The van der Waals surface area contributed by atoms with Crippen LogP contribution in [0, 0.1) is 3.77 Å². The molecule has 1 rings (SSSR count). The lowest BCUT2D eigenvalue weighted by Gasteiger charge is -2.11. The molecule has 0 radical (unpaired) electrons. The highest BCUT2D eigenvalue weighted by molar-refractivity contribution is 14.1. The van der Waals surface area contributed by atoms with Gasteiger partial charge in [0.1, 0.15) is 5.76 Å². The lowest BCUT2D eigenvalue weighted by atomic mass is 10.3. The maximum Gasteiger partial charge on any atom is 0.164 e. The molecule has 1 heterocycles. The molecular formula is C8H12INO3. The minimum Gasteiger partial charge on any atom is -0.454 e. The number of nitrogens with one attached hydrogen (secondary N) is 1. The Morgan fingerprint density at radius 3 is 2.54 bits per heavy atom. The molecule has 0 unspecified atom stereocenters. The van der Waals surface area contributed by atoms with E-state index < -0.39 is 0 Å². The van der Waals surface area contributed by atoms with Crippen LogP contribution in [-0.4, -0.2) is 29.5 Å². The van der Waals surface area contributed by atoms with Crippen LogP contribution >= 0.6 is 22.6 Å². The Morgan fingerprint density at radius 1 is 1.38 bits per heavy atom.